The van der Waals surface area contributed by atoms with Gasteiger partial charge in [0.25, 0.3) is 0 Å². The lowest BCUT2D eigenvalue weighted by atomic mass is 9.99. The van der Waals surface area contributed by atoms with Crippen LogP contribution < -0.4 is 4.74 Å². The fourth-order valence-electron chi connectivity index (χ4n) is 3.17. The van der Waals surface area contributed by atoms with E-state index in [1.54, 1.807) is 0 Å². The van der Waals surface area contributed by atoms with Crippen molar-refractivity contribution < 1.29 is 9.84 Å². The zero-order valence-corrected chi connectivity index (χ0v) is 14.7. The summed E-state index contributed by atoms with van der Waals surface area (Å²) in [6.07, 6.45) is 2.39. The Labute approximate surface area is 150 Å². The molecule has 1 fully saturated rings. The number of halogens is 1. The van der Waals surface area contributed by atoms with E-state index >= 15 is 0 Å². The minimum Gasteiger partial charge on any atom is -0.491 e. The number of β-amino-alcohol motifs (C(OH)–C–C–N with tert-alkyl or cyclic N) is 1. The number of benzene rings is 2. The van der Waals surface area contributed by atoms with Crippen molar-refractivity contribution >= 4 is 18.5 Å². The molecule has 2 aromatic carbocycles. The van der Waals surface area contributed by atoms with E-state index in [4.69, 9.17) is 4.74 Å². The van der Waals surface area contributed by atoms with Crippen molar-refractivity contribution in [1.82, 2.24) is 4.90 Å². The van der Waals surface area contributed by atoms with Crippen molar-refractivity contribution in [2.24, 2.45) is 0 Å². The van der Waals surface area contributed by atoms with Crippen LogP contribution in [0.2, 0.25) is 0 Å². The van der Waals surface area contributed by atoms with Gasteiger partial charge >= 0.3 is 0 Å². The molecule has 128 valence electrons. The Hall–Kier alpha value is -1.81. The lowest BCUT2D eigenvalue weighted by Gasteiger charge is -2.20. The molecule has 0 bridgehead atoms. The average Bonchev–Trinajstić information content (AvgIpc) is 2.90. The van der Waals surface area contributed by atoms with Gasteiger partial charge in [-0.3, -0.25) is 4.90 Å². The SMILES string of the molecule is C=Cc1ccccc1-c1ccccc1OCC1CC(O)CN1C.Cl. The van der Waals surface area contributed by atoms with Gasteiger partial charge in [0.15, 0.2) is 0 Å². The number of rotatable bonds is 5. The van der Waals surface area contributed by atoms with Gasteiger partial charge in [0.2, 0.25) is 0 Å². The maximum absolute atomic E-state index is 9.76. The van der Waals surface area contributed by atoms with E-state index in [1.165, 1.54) is 0 Å². The van der Waals surface area contributed by atoms with E-state index in [0.717, 1.165) is 35.4 Å². The summed E-state index contributed by atoms with van der Waals surface area (Å²) < 4.78 is 6.11. The Morgan fingerprint density at radius 2 is 1.83 bits per heavy atom. The van der Waals surface area contributed by atoms with Crippen LogP contribution >= 0.6 is 12.4 Å². The quantitative estimate of drug-likeness (QED) is 0.893. The Morgan fingerprint density at radius 3 is 2.50 bits per heavy atom. The smallest absolute Gasteiger partial charge is 0.127 e. The van der Waals surface area contributed by atoms with Crippen LogP contribution in [0.4, 0.5) is 0 Å². The molecule has 24 heavy (non-hydrogen) atoms. The molecule has 2 aromatic rings. The van der Waals surface area contributed by atoms with Crippen LogP contribution in [0.25, 0.3) is 17.2 Å². The second kappa shape index (κ2) is 8.34. The first-order valence-electron chi connectivity index (χ1n) is 8.01. The molecule has 0 aliphatic carbocycles. The molecular formula is C20H24ClNO2. The van der Waals surface area contributed by atoms with Gasteiger partial charge in [0, 0.05) is 18.2 Å². The molecule has 1 aliphatic heterocycles. The number of likely N-dealkylation sites (tertiary alicyclic amines) is 1. The summed E-state index contributed by atoms with van der Waals surface area (Å²) >= 11 is 0. The van der Waals surface area contributed by atoms with Crippen molar-refractivity contribution in [2.45, 2.75) is 18.6 Å². The minimum absolute atomic E-state index is 0. The fourth-order valence-corrected chi connectivity index (χ4v) is 3.17. The molecule has 4 heteroatoms. The van der Waals surface area contributed by atoms with E-state index in [-0.39, 0.29) is 24.6 Å². The van der Waals surface area contributed by atoms with Crippen LogP contribution in [0.3, 0.4) is 0 Å². The molecule has 0 amide bonds. The normalized spacial score (nSPS) is 20.4. The zero-order valence-electron chi connectivity index (χ0n) is 13.9. The molecule has 0 saturated carbocycles. The zero-order chi connectivity index (χ0) is 16.2. The summed E-state index contributed by atoms with van der Waals surface area (Å²) in [5, 5.41) is 9.76. The maximum atomic E-state index is 9.76. The number of para-hydroxylation sites is 1. The van der Waals surface area contributed by atoms with Crippen LogP contribution in [0.15, 0.2) is 55.1 Å². The largest absolute Gasteiger partial charge is 0.491 e. The molecular weight excluding hydrogens is 322 g/mol. The number of hydrogen-bond donors (Lipinski definition) is 1. The molecule has 3 rings (SSSR count). The highest BCUT2D eigenvalue weighted by Crippen LogP contribution is 2.33. The Morgan fingerprint density at radius 1 is 1.17 bits per heavy atom. The Balaban J connectivity index is 0.00000208. The molecule has 0 aromatic heterocycles. The second-order valence-electron chi connectivity index (χ2n) is 6.08. The van der Waals surface area contributed by atoms with E-state index in [9.17, 15) is 5.11 Å². The predicted octanol–water partition coefficient (Wildman–Crippen LogP) is 3.86. The summed E-state index contributed by atoms with van der Waals surface area (Å²) in [7, 11) is 2.03. The summed E-state index contributed by atoms with van der Waals surface area (Å²) in [4.78, 5) is 2.16. The molecule has 2 unspecified atom stereocenters. The number of likely N-dealkylation sites (N-methyl/N-ethyl adjacent to an activating group) is 1. The summed E-state index contributed by atoms with van der Waals surface area (Å²) in [6, 6.07) is 16.5. The van der Waals surface area contributed by atoms with E-state index < -0.39 is 0 Å². The predicted molar refractivity (Wildman–Crippen MR) is 102 cm³/mol. The van der Waals surface area contributed by atoms with Crippen molar-refractivity contribution in [3.8, 4) is 16.9 Å². The van der Waals surface area contributed by atoms with E-state index in [1.807, 2.05) is 43.5 Å². The molecule has 0 spiro atoms. The number of ether oxygens (including phenoxy) is 1. The van der Waals surface area contributed by atoms with Crippen molar-refractivity contribution in [2.75, 3.05) is 20.2 Å². The number of aliphatic hydroxyl groups is 1. The lowest BCUT2D eigenvalue weighted by Crippen LogP contribution is -2.30. The summed E-state index contributed by atoms with van der Waals surface area (Å²) in [5.74, 6) is 0.872. The Bertz CT molecular complexity index is 689. The Kier molecular flexibility index (Phi) is 6.44. The first kappa shape index (κ1) is 18.5. The van der Waals surface area contributed by atoms with E-state index in [0.29, 0.717) is 6.61 Å². The summed E-state index contributed by atoms with van der Waals surface area (Å²) in [5.41, 5.74) is 3.29. The molecule has 3 nitrogen and oxygen atoms in total. The van der Waals surface area contributed by atoms with Gasteiger partial charge in [-0.15, -0.1) is 12.4 Å². The number of hydrogen-bond acceptors (Lipinski definition) is 3. The van der Waals surface area contributed by atoms with Gasteiger partial charge in [-0.1, -0.05) is 55.1 Å². The van der Waals surface area contributed by atoms with Crippen LogP contribution in [0.1, 0.15) is 12.0 Å². The standard InChI is InChI=1S/C20H23NO2.ClH/c1-3-15-8-4-5-9-18(15)19-10-6-7-11-20(19)23-14-16-12-17(22)13-21(16)2;/h3-11,16-17,22H,1,12-14H2,2H3;1H. The highest BCUT2D eigenvalue weighted by molar-refractivity contribution is 5.85. The van der Waals surface area contributed by atoms with Gasteiger partial charge in [-0.05, 0) is 30.7 Å². The van der Waals surface area contributed by atoms with Gasteiger partial charge in [0.05, 0.1) is 6.10 Å². The number of aliphatic hydroxyl groups excluding tert-OH is 1. The van der Waals surface area contributed by atoms with Gasteiger partial charge in [-0.25, -0.2) is 0 Å². The molecule has 2 atom stereocenters. The molecule has 1 aliphatic rings. The third-order valence-corrected chi connectivity index (χ3v) is 4.46. The molecule has 0 radical (unpaired) electrons. The first-order valence-corrected chi connectivity index (χ1v) is 8.01. The molecule has 1 N–H and O–H groups in total. The fraction of sp³-hybridized carbons (Fsp3) is 0.300. The monoisotopic (exact) mass is 345 g/mol. The first-order chi connectivity index (χ1) is 11.2. The topological polar surface area (TPSA) is 32.7 Å². The average molecular weight is 346 g/mol. The van der Waals surface area contributed by atoms with Crippen LogP contribution in [0.5, 0.6) is 5.75 Å². The maximum Gasteiger partial charge on any atom is 0.127 e. The van der Waals surface area contributed by atoms with Gasteiger partial charge in [0.1, 0.15) is 12.4 Å². The number of nitrogens with zero attached hydrogens (tertiary/aromatic N) is 1. The van der Waals surface area contributed by atoms with E-state index in [2.05, 4.69) is 29.7 Å². The van der Waals surface area contributed by atoms with Crippen LogP contribution in [0, 0.1) is 0 Å². The van der Waals surface area contributed by atoms with Crippen LogP contribution in [-0.4, -0.2) is 42.4 Å². The van der Waals surface area contributed by atoms with Crippen molar-refractivity contribution in [3.63, 3.8) is 0 Å². The van der Waals surface area contributed by atoms with Gasteiger partial charge < -0.3 is 9.84 Å². The molecule has 1 saturated heterocycles. The van der Waals surface area contributed by atoms with Crippen LogP contribution in [-0.2, 0) is 0 Å². The van der Waals surface area contributed by atoms with Gasteiger partial charge in [-0.2, -0.15) is 0 Å². The minimum atomic E-state index is -0.245. The highest BCUT2D eigenvalue weighted by Gasteiger charge is 2.28. The highest BCUT2D eigenvalue weighted by atomic mass is 35.5. The van der Waals surface area contributed by atoms with Crippen molar-refractivity contribution in [3.05, 3.63) is 60.7 Å². The third-order valence-electron chi connectivity index (χ3n) is 4.46. The summed E-state index contributed by atoms with van der Waals surface area (Å²) in [6.45, 7) is 5.20. The van der Waals surface area contributed by atoms with Crippen molar-refractivity contribution in [1.29, 1.82) is 0 Å². The second-order valence-corrected chi connectivity index (χ2v) is 6.08. The third kappa shape index (κ3) is 3.99. The molecule has 1 heterocycles. The lowest BCUT2D eigenvalue weighted by molar-refractivity contribution is 0.182.